The van der Waals surface area contributed by atoms with Gasteiger partial charge in [-0.05, 0) is 132 Å². The standard InChI is InChI=1S/C64H65N3O/c1-61(2,3)49-29-26-43(27-30-49)45-32-33-65-55(38-45)48-35-46(42-22-17-14-18-23-42)34-47(36-48)51-24-19-25-57-58(51)66-60(52-39-50(62(4,5)6)40-54(59(52)68)64(10,11)12)67(57)56-31-28-44(37-53(56)63(7,8)9)41-20-15-13-16-21-41/h13-40,68H,1-12H3/i1D3,2D3,3D3. The number of fused-ring (bicyclic) bond motifs is 1. The molecule has 9 aromatic rings. The molecule has 0 saturated heterocycles. The minimum absolute atomic E-state index is 0.182. The van der Waals surface area contributed by atoms with E-state index in [0.717, 1.165) is 72.4 Å². The smallest absolute Gasteiger partial charge is 0.149 e. The van der Waals surface area contributed by atoms with E-state index in [4.69, 9.17) is 22.3 Å². The number of aromatic nitrogens is 3. The topological polar surface area (TPSA) is 50.9 Å². The van der Waals surface area contributed by atoms with Gasteiger partial charge in [0.05, 0.1) is 28.0 Å². The molecule has 0 atom stereocenters. The first-order valence-electron chi connectivity index (χ1n) is 27.8. The number of aromatic hydroxyl groups is 1. The van der Waals surface area contributed by atoms with Crippen LogP contribution in [-0.2, 0) is 21.7 Å². The van der Waals surface area contributed by atoms with Gasteiger partial charge in [0, 0.05) is 35.2 Å². The molecule has 342 valence electrons. The lowest BCUT2D eigenvalue weighted by Crippen LogP contribution is -2.18. The molecule has 2 heterocycles. The van der Waals surface area contributed by atoms with E-state index in [1.165, 1.54) is 12.1 Å². The molecule has 2 aromatic heterocycles. The Balaban J connectivity index is 1.28. The molecule has 7 aromatic carbocycles. The van der Waals surface area contributed by atoms with Crippen molar-refractivity contribution in [3.63, 3.8) is 0 Å². The number of nitrogens with zero attached hydrogens (tertiary/aromatic N) is 3. The number of benzene rings is 7. The van der Waals surface area contributed by atoms with Crippen LogP contribution in [0.1, 0.15) is 117 Å². The number of phenolic OH excluding ortho intramolecular Hbond substituents is 1. The number of hydrogen-bond donors (Lipinski definition) is 1. The van der Waals surface area contributed by atoms with Crippen molar-refractivity contribution in [3.05, 3.63) is 192 Å². The molecule has 0 aliphatic rings. The Bertz CT molecular complexity index is 3610. The van der Waals surface area contributed by atoms with Gasteiger partial charge in [0.15, 0.2) is 0 Å². The largest absolute Gasteiger partial charge is 0.507 e. The summed E-state index contributed by atoms with van der Waals surface area (Å²) in [4.78, 5) is 10.5. The van der Waals surface area contributed by atoms with E-state index in [1.807, 2.05) is 30.3 Å². The van der Waals surface area contributed by atoms with Gasteiger partial charge in [-0.3, -0.25) is 9.55 Å². The average Bonchev–Trinajstić information content (AvgIpc) is 4.01. The fraction of sp³-hybridized carbons (Fsp3) is 0.250. The van der Waals surface area contributed by atoms with E-state index < -0.39 is 31.4 Å². The van der Waals surface area contributed by atoms with Crippen LogP contribution in [0.15, 0.2) is 170 Å². The van der Waals surface area contributed by atoms with Crippen LogP contribution in [0.2, 0.25) is 0 Å². The maximum atomic E-state index is 12.6. The minimum atomic E-state index is -3.38. The number of pyridine rings is 1. The molecule has 4 heteroatoms. The first kappa shape index (κ1) is 36.1. The van der Waals surface area contributed by atoms with Gasteiger partial charge in [-0.2, -0.15) is 0 Å². The highest BCUT2D eigenvalue weighted by Gasteiger charge is 2.30. The monoisotopic (exact) mass is 901 g/mol. The molecule has 0 spiro atoms. The van der Waals surface area contributed by atoms with Crippen LogP contribution >= 0.6 is 0 Å². The Morgan fingerprint density at radius 1 is 0.441 bits per heavy atom. The van der Waals surface area contributed by atoms with E-state index in [1.54, 1.807) is 24.4 Å². The fourth-order valence-electron chi connectivity index (χ4n) is 9.12. The fourth-order valence-corrected chi connectivity index (χ4v) is 9.12. The van der Waals surface area contributed by atoms with Crippen LogP contribution in [0, 0.1) is 0 Å². The minimum Gasteiger partial charge on any atom is -0.507 e. The molecule has 0 radical (unpaired) electrons. The first-order chi connectivity index (χ1) is 35.9. The van der Waals surface area contributed by atoms with Crippen LogP contribution in [0.3, 0.4) is 0 Å². The highest BCUT2D eigenvalue weighted by molar-refractivity contribution is 5.98. The van der Waals surface area contributed by atoms with Crippen molar-refractivity contribution in [2.45, 2.75) is 105 Å². The lowest BCUT2D eigenvalue weighted by Gasteiger charge is -2.28. The quantitative estimate of drug-likeness (QED) is 0.173. The van der Waals surface area contributed by atoms with Gasteiger partial charge in [0.25, 0.3) is 0 Å². The molecule has 0 fully saturated rings. The van der Waals surface area contributed by atoms with Gasteiger partial charge in [-0.1, -0.05) is 192 Å². The Kier molecular flexibility index (Phi) is 9.14. The van der Waals surface area contributed by atoms with Gasteiger partial charge in [0.1, 0.15) is 11.6 Å². The zero-order chi connectivity index (χ0) is 55.8. The van der Waals surface area contributed by atoms with E-state index in [2.05, 4.69) is 170 Å². The molecule has 4 nitrogen and oxygen atoms in total. The molecule has 0 aliphatic heterocycles. The summed E-state index contributed by atoms with van der Waals surface area (Å²) in [6.45, 7) is 9.46. The third-order valence-corrected chi connectivity index (χ3v) is 12.9. The van der Waals surface area contributed by atoms with Crippen LogP contribution in [0.5, 0.6) is 5.75 Å². The average molecular weight is 901 g/mol. The second-order valence-corrected chi connectivity index (χ2v) is 21.1. The summed E-state index contributed by atoms with van der Waals surface area (Å²) in [5.74, 6) is 0.787. The van der Waals surface area contributed by atoms with Crippen molar-refractivity contribution in [3.8, 4) is 78.6 Å². The van der Waals surface area contributed by atoms with E-state index in [-0.39, 0.29) is 22.1 Å². The summed E-state index contributed by atoms with van der Waals surface area (Å²) in [6, 6.07) is 53.3. The van der Waals surface area contributed by atoms with Gasteiger partial charge < -0.3 is 5.11 Å². The lowest BCUT2D eigenvalue weighted by atomic mass is 9.78. The maximum Gasteiger partial charge on any atom is 0.149 e. The molecular weight excluding hydrogens is 827 g/mol. The molecule has 0 bridgehead atoms. The molecule has 68 heavy (non-hydrogen) atoms. The molecule has 0 amide bonds. The zero-order valence-electron chi connectivity index (χ0n) is 49.5. The number of imidazole rings is 1. The Morgan fingerprint density at radius 2 is 1.03 bits per heavy atom. The van der Waals surface area contributed by atoms with E-state index in [0.29, 0.717) is 28.2 Å². The van der Waals surface area contributed by atoms with Crippen LogP contribution in [0.25, 0.3) is 83.9 Å². The molecule has 0 aliphatic carbocycles. The summed E-state index contributed by atoms with van der Waals surface area (Å²) < 4.78 is 76.4. The number of rotatable bonds is 7. The number of phenols is 1. The third kappa shape index (κ3) is 9.05. The van der Waals surface area contributed by atoms with Gasteiger partial charge >= 0.3 is 0 Å². The summed E-state index contributed by atoms with van der Waals surface area (Å²) in [7, 11) is 0. The highest BCUT2D eigenvalue weighted by atomic mass is 16.3. The van der Waals surface area contributed by atoms with Crippen molar-refractivity contribution in [1.82, 2.24) is 14.5 Å². The maximum absolute atomic E-state index is 12.6. The predicted molar refractivity (Wildman–Crippen MR) is 288 cm³/mol. The van der Waals surface area contributed by atoms with Crippen LogP contribution < -0.4 is 0 Å². The third-order valence-electron chi connectivity index (χ3n) is 12.9. The van der Waals surface area contributed by atoms with Crippen molar-refractivity contribution in [1.29, 1.82) is 0 Å². The summed E-state index contributed by atoms with van der Waals surface area (Å²) >= 11 is 0. The Hall–Kier alpha value is -7.04. The molecule has 1 N–H and O–H groups in total. The van der Waals surface area contributed by atoms with Crippen molar-refractivity contribution in [2.24, 2.45) is 0 Å². The second-order valence-electron chi connectivity index (χ2n) is 21.1. The number of hydrogen-bond acceptors (Lipinski definition) is 3. The van der Waals surface area contributed by atoms with Gasteiger partial charge in [0.2, 0.25) is 0 Å². The van der Waals surface area contributed by atoms with E-state index >= 15 is 0 Å². The molecular formula is C64H65N3O. The second kappa shape index (κ2) is 17.2. The SMILES string of the molecule is [2H]C([2H])([2H])C(c1ccc(-c2ccnc(-c3cc(-c4ccccc4)cc(-c4cccc5c4nc(-c4cc(C(C)(C)C)cc(C(C)(C)C)c4O)n5-c4ccc(-c5ccccc5)cc4C(C)(C)C)c3)c2)cc1)(C([2H])([2H])[2H])C([2H])([2H])[2H]. The van der Waals surface area contributed by atoms with Crippen molar-refractivity contribution < 1.29 is 17.4 Å². The van der Waals surface area contributed by atoms with Crippen molar-refractivity contribution in [2.75, 3.05) is 0 Å². The van der Waals surface area contributed by atoms with Crippen molar-refractivity contribution >= 4 is 11.0 Å². The van der Waals surface area contributed by atoms with Gasteiger partial charge in [-0.25, -0.2) is 4.98 Å². The molecule has 0 saturated carbocycles. The normalized spacial score (nSPS) is 15.0. The molecule has 0 unspecified atom stereocenters. The zero-order valence-corrected chi connectivity index (χ0v) is 40.5. The first-order valence-corrected chi connectivity index (χ1v) is 23.3. The Labute approximate surface area is 417 Å². The highest BCUT2D eigenvalue weighted by Crippen LogP contribution is 2.46. The van der Waals surface area contributed by atoms with Crippen LogP contribution in [0.4, 0.5) is 0 Å². The molecule has 9 rings (SSSR count). The summed E-state index contributed by atoms with van der Waals surface area (Å²) in [5, 5.41) is 12.6. The summed E-state index contributed by atoms with van der Waals surface area (Å²) in [5.41, 5.74) is 10.3. The van der Waals surface area contributed by atoms with Gasteiger partial charge in [-0.15, -0.1) is 0 Å². The lowest BCUT2D eigenvalue weighted by molar-refractivity contribution is 0.446. The predicted octanol–water partition coefficient (Wildman–Crippen LogP) is 17.3. The van der Waals surface area contributed by atoms with E-state index in [9.17, 15) is 5.11 Å². The summed E-state index contributed by atoms with van der Waals surface area (Å²) in [6.07, 6.45) is 1.68. The van der Waals surface area contributed by atoms with Crippen LogP contribution in [-0.4, -0.2) is 19.6 Å². The number of para-hydroxylation sites is 1. The Morgan fingerprint density at radius 3 is 1.66 bits per heavy atom.